The predicted octanol–water partition coefficient (Wildman–Crippen LogP) is 3.09. The van der Waals surface area contributed by atoms with E-state index in [4.69, 9.17) is 0 Å². The van der Waals surface area contributed by atoms with Crippen molar-refractivity contribution >= 4 is 22.5 Å². The smallest absolute Gasteiger partial charge is 0.275 e. The number of hydrogen-bond donors (Lipinski definition) is 1. The van der Waals surface area contributed by atoms with Gasteiger partial charge in [-0.3, -0.25) is 9.59 Å². The van der Waals surface area contributed by atoms with E-state index in [-0.39, 0.29) is 23.3 Å². The van der Waals surface area contributed by atoms with E-state index in [0.717, 1.165) is 11.9 Å². The maximum Gasteiger partial charge on any atom is 0.275 e. The van der Waals surface area contributed by atoms with Gasteiger partial charge in [0.2, 0.25) is 5.91 Å². The highest BCUT2D eigenvalue weighted by molar-refractivity contribution is 5.79. The van der Waals surface area contributed by atoms with E-state index in [1.807, 2.05) is 13.8 Å². The average Bonchev–Trinajstić information content (AvgIpc) is 3.07. The molecule has 3 aromatic rings. The van der Waals surface area contributed by atoms with E-state index in [1.54, 1.807) is 33.4 Å². The number of carbonyl (C=O) groups is 1. The molecule has 0 saturated carbocycles. The molecule has 0 bridgehead atoms. The van der Waals surface area contributed by atoms with Crippen LogP contribution in [0.25, 0.3) is 16.6 Å². The van der Waals surface area contributed by atoms with E-state index in [0.29, 0.717) is 30.4 Å². The lowest BCUT2D eigenvalue weighted by atomic mass is 10.2. The first-order chi connectivity index (χ1) is 12.0. The number of aromatic nitrogens is 2. The van der Waals surface area contributed by atoms with Gasteiger partial charge in [-0.2, -0.15) is 0 Å². The summed E-state index contributed by atoms with van der Waals surface area (Å²) in [4.78, 5) is 24.6. The third-order valence-corrected chi connectivity index (χ3v) is 4.51. The number of amides is 1. The molecule has 0 aliphatic carbocycles. The lowest BCUT2D eigenvalue weighted by Crippen LogP contribution is -2.32. The van der Waals surface area contributed by atoms with E-state index in [9.17, 15) is 14.0 Å². The molecule has 6 heteroatoms. The van der Waals surface area contributed by atoms with Gasteiger partial charge < -0.3 is 14.3 Å². The molecule has 0 spiro atoms. The molecule has 5 nitrogen and oxygen atoms in total. The van der Waals surface area contributed by atoms with Gasteiger partial charge in [0, 0.05) is 25.2 Å². The minimum Gasteiger partial charge on any atom is -0.354 e. The fourth-order valence-electron chi connectivity index (χ4n) is 3.00. The van der Waals surface area contributed by atoms with Gasteiger partial charge >= 0.3 is 0 Å². The Hall–Kier alpha value is -2.63. The summed E-state index contributed by atoms with van der Waals surface area (Å²) >= 11 is 0. The standard InChI is InChI=1S/C19H22FN3O2/c1-3-13(2)21-18(24)7-5-11-23-17-12-14(20)8-9-15(17)22-10-4-6-16(22)19(23)25/h4,6,8-10,12-13H,3,5,7,11H2,1-2H3,(H,21,24)/t13-/m1/s1. The van der Waals surface area contributed by atoms with Gasteiger partial charge in [-0.05, 0) is 50.1 Å². The Labute approximate surface area is 145 Å². The summed E-state index contributed by atoms with van der Waals surface area (Å²) in [6.07, 6.45) is 3.52. The maximum atomic E-state index is 13.7. The molecule has 2 heterocycles. The molecule has 1 N–H and O–H groups in total. The van der Waals surface area contributed by atoms with Gasteiger partial charge in [-0.1, -0.05) is 6.92 Å². The number of hydrogen-bond acceptors (Lipinski definition) is 2. The zero-order valence-corrected chi connectivity index (χ0v) is 14.5. The second-order valence-electron chi connectivity index (χ2n) is 6.33. The Morgan fingerprint density at radius 3 is 2.80 bits per heavy atom. The second-order valence-corrected chi connectivity index (χ2v) is 6.33. The number of halogens is 1. The fraction of sp³-hybridized carbons (Fsp3) is 0.368. The van der Waals surface area contributed by atoms with Crippen LogP contribution in [-0.2, 0) is 11.3 Å². The van der Waals surface area contributed by atoms with Crippen LogP contribution in [0.4, 0.5) is 4.39 Å². The van der Waals surface area contributed by atoms with Crippen molar-refractivity contribution in [2.75, 3.05) is 0 Å². The van der Waals surface area contributed by atoms with Crippen LogP contribution in [-0.4, -0.2) is 20.9 Å². The van der Waals surface area contributed by atoms with Crippen LogP contribution in [0.3, 0.4) is 0 Å². The molecule has 0 aliphatic rings. The molecule has 1 atom stereocenters. The van der Waals surface area contributed by atoms with Crippen molar-refractivity contribution in [1.82, 2.24) is 14.3 Å². The van der Waals surface area contributed by atoms with Gasteiger partial charge in [0.15, 0.2) is 0 Å². The molecule has 0 saturated heterocycles. The van der Waals surface area contributed by atoms with Crippen LogP contribution in [0.2, 0.25) is 0 Å². The highest BCUT2D eigenvalue weighted by Gasteiger charge is 2.12. The summed E-state index contributed by atoms with van der Waals surface area (Å²) < 4.78 is 17.0. The summed E-state index contributed by atoms with van der Waals surface area (Å²) in [5, 5.41) is 2.91. The molecule has 1 aromatic carbocycles. The van der Waals surface area contributed by atoms with Gasteiger partial charge in [-0.15, -0.1) is 0 Å². The summed E-state index contributed by atoms with van der Waals surface area (Å²) in [6.45, 7) is 4.34. The Balaban J connectivity index is 1.89. The Bertz CT molecular complexity index is 974. The fourth-order valence-corrected chi connectivity index (χ4v) is 3.00. The predicted molar refractivity (Wildman–Crippen MR) is 96.3 cm³/mol. The number of benzene rings is 1. The summed E-state index contributed by atoms with van der Waals surface area (Å²) in [5.41, 5.74) is 1.68. The van der Waals surface area contributed by atoms with Crippen molar-refractivity contribution < 1.29 is 9.18 Å². The van der Waals surface area contributed by atoms with Gasteiger partial charge in [0.25, 0.3) is 5.56 Å². The van der Waals surface area contributed by atoms with Gasteiger partial charge in [0.1, 0.15) is 11.3 Å². The maximum absolute atomic E-state index is 13.7. The van der Waals surface area contributed by atoms with E-state index in [2.05, 4.69) is 5.32 Å². The number of carbonyl (C=O) groups excluding carboxylic acids is 1. The highest BCUT2D eigenvalue weighted by atomic mass is 19.1. The van der Waals surface area contributed by atoms with Crippen molar-refractivity contribution in [3.8, 4) is 0 Å². The molecule has 3 rings (SSSR count). The van der Waals surface area contributed by atoms with Crippen LogP contribution in [0.5, 0.6) is 0 Å². The topological polar surface area (TPSA) is 55.5 Å². The summed E-state index contributed by atoms with van der Waals surface area (Å²) in [5.74, 6) is -0.414. The van der Waals surface area contributed by atoms with Crippen molar-refractivity contribution in [2.24, 2.45) is 0 Å². The van der Waals surface area contributed by atoms with E-state index < -0.39 is 0 Å². The van der Waals surface area contributed by atoms with Crippen LogP contribution in [0.15, 0.2) is 41.3 Å². The Morgan fingerprint density at radius 2 is 2.04 bits per heavy atom. The van der Waals surface area contributed by atoms with Crippen molar-refractivity contribution in [3.63, 3.8) is 0 Å². The molecule has 0 unspecified atom stereocenters. The SMILES string of the molecule is CC[C@@H](C)NC(=O)CCCn1c(=O)c2cccn2c2ccc(F)cc21. The second kappa shape index (κ2) is 7.09. The van der Waals surface area contributed by atoms with Crippen molar-refractivity contribution in [3.05, 3.63) is 52.7 Å². The molecule has 1 amide bonds. The third-order valence-electron chi connectivity index (χ3n) is 4.51. The summed E-state index contributed by atoms with van der Waals surface area (Å²) in [6, 6.07) is 8.11. The molecular formula is C19H22FN3O2. The lowest BCUT2D eigenvalue weighted by Gasteiger charge is -2.14. The summed E-state index contributed by atoms with van der Waals surface area (Å²) in [7, 11) is 0. The van der Waals surface area contributed by atoms with Crippen LogP contribution in [0, 0.1) is 5.82 Å². The minimum atomic E-state index is -0.387. The molecule has 2 aromatic heterocycles. The molecule has 0 fully saturated rings. The normalized spacial score (nSPS) is 12.6. The zero-order valence-electron chi connectivity index (χ0n) is 14.5. The van der Waals surface area contributed by atoms with Crippen molar-refractivity contribution in [2.45, 2.75) is 45.7 Å². The molecule has 132 valence electrons. The quantitative estimate of drug-likeness (QED) is 0.748. The first-order valence-electron chi connectivity index (χ1n) is 8.59. The molecule has 0 radical (unpaired) electrons. The average molecular weight is 343 g/mol. The van der Waals surface area contributed by atoms with Gasteiger partial charge in [-0.25, -0.2) is 4.39 Å². The number of nitrogens with one attached hydrogen (secondary N) is 1. The zero-order chi connectivity index (χ0) is 18.0. The monoisotopic (exact) mass is 343 g/mol. The van der Waals surface area contributed by atoms with Crippen LogP contribution in [0.1, 0.15) is 33.1 Å². The Morgan fingerprint density at radius 1 is 1.24 bits per heavy atom. The largest absolute Gasteiger partial charge is 0.354 e. The highest BCUT2D eigenvalue weighted by Crippen LogP contribution is 2.17. The number of aryl methyl sites for hydroxylation is 1. The molecule has 0 aliphatic heterocycles. The number of nitrogens with zero attached hydrogens (tertiary/aromatic N) is 2. The number of fused-ring (bicyclic) bond motifs is 3. The minimum absolute atomic E-state index is 0.0263. The van der Waals surface area contributed by atoms with E-state index in [1.165, 1.54) is 12.1 Å². The van der Waals surface area contributed by atoms with Crippen molar-refractivity contribution in [1.29, 1.82) is 0 Å². The lowest BCUT2D eigenvalue weighted by molar-refractivity contribution is -0.121. The van der Waals surface area contributed by atoms with E-state index >= 15 is 0 Å². The molecular weight excluding hydrogens is 321 g/mol. The van der Waals surface area contributed by atoms with Crippen LogP contribution < -0.4 is 10.9 Å². The number of rotatable bonds is 6. The Kier molecular flexibility index (Phi) is 4.88. The third kappa shape index (κ3) is 3.43. The van der Waals surface area contributed by atoms with Gasteiger partial charge in [0.05, 0.1) is 11.0 Å². The van der Waals surface area contributed by atoms with Crippen LogP contribution >= 0.6 is 0 Å². The molecule has 25 heavy (non-hydrogen) atoms. The first kappa shape index (κ1) is 17.2. The first-order valence-corrected chi connectivity index (χ1v) is 8.59.